The molecule has 1 heterocycles. The smallest absolute Gasteiger partial charge is 0.0509 e. The lowest BCUT2D eigenvalue weighted by Gasteiger charge is -2.30. The Labute approximate surface area is 67.4 Å². The Bertz CT molecular complexity index is 117. The summed E-state index contributed by atoms with van der Waals surface area (Å²) in [6.07, 6.45) is 1.07. The third-order valence-corrected chi connectivity index (χ3v) is 2.77. The van der Waals surface area contributed by atoms with Gasteiger partial charge in [0.15, 0.2) is 0 Å². The van der Waals surface area contributed by atoms with Gasteiger partial charge in [-0.15, -0.1) is 0 Å². The van der Waals surface area contributed by atoms with E-state index in [1.165, 1.54) is 0 Å². The molecule has 1 atom stereocenters. The van der Waals surface area contributed by atoms with E-state index in [-0.39, 0.29) is 18.6 Å². The molecule has 1 fully saturated rings. The Morgan fingerprint density at radius 2 is 2.09 bits per heavy atom. The van der Waals surface area contributed by atoms with Crippen LogP contribution in [0.1, 0.15) is 13.3 Å². The van der Waals surface area contributed by atoms with Crippen LogP contribution in [0.2, 0.25) is 0 Å². The van der Waals surface area contributed by atoms with Crippen molar-refractivity contribution in [3.63, 3.8) is 0 Å². The highest BCUT2D eigenvalue weighted by molar-refractivity contribution is 4.86. The van der Waals surface area contributed by atoms with E-state index in [9.17, 15) is 0 Å². The zero-order valence-corrected chi connectivity index (χ0v) is 7.01. The minimum absolute atomic E-state index is 0.0792. The zero-order chi connectivity index (χ0) is 8.32. The van der Waals surface area contributed by atoms with Gasteiger partial charge in [-0.1, -0.05) is 6.92 Å². The first-order valence-corrected chi connectivity index (χ1v) is 4.15. The third kappa shape index (κ3) is 1.72. The van der Waals surface area contributed by atoms with Gasteiger partial charge in [0.25, 0.3) is 0 Å². The highest BCUT2D eigenvalue weighted by Gasteiger charge is 2.34. The number of hydrogen-bond donors (Lipinski definition) is 3. The van der Waals surface area contributed by atoms with Crippen LogP contribution in [0.15, 0.2) is 0 Å². The summed E-state index contributed by atoms with van der Waals surface area (Å²) in [6.45, 7) is 4.04. The summed E-state index contributed by atoms with van der Waals surface area (Å²) in [4.78, 5) is 0. The van der Waals surface area contributed by atoms with E-state index in [4.69, 9.17) is 10.2 Å². The topological polar surface area (TPSA) is 52.5 Å². The summed E-state index contributed by atoms with van der Waals surface area (Å²) in [7, 11) is 0. The number of hydrogen-bond acceptors (Lipinski definition) is 3. The van der Waals surface area contributed by atoms with Crippen molar-refractivity contribution in [2.24, 2.45) is 11.3 Å². The monoisotopic (exact) mass is 159 g/mol. The predicted octanol–water partition coefficient (Wildman–Crippen LogP) is -0.413. The standard InChI is InChI=1S/C8H17NO2/c1-8(5-10,6-11)7-2-3-9-4-7/h7,9-11H,2-6H2,1H3. The van der Waals surface area contributed by atoms with Crippen molar-refractivity contribution in [2.45, 2.75) is 13.3 Å². The van der Waals surface area contributed by atoms with Gasteiger partial charge in [-0.05, 0) is 25.4 Å². The van der Waals surface area contributed by atoms with Crippen LogP contribution in [0.5, 0.6) is 0 Å². The summed E-state index contributed by atoms with van der Waals surface area (Å²) in [5, 5.41) is 21.3. The van der Waals surface area contributed by atoms with Gasteiger partial charge in [-0.25, -0.2) is 0 Å². The van der Waals surface area contributed by atoms with Crippen molar-refractivity contribution in [1.29, 1.82) is 0 Å². The fraction of sp³-hybridized carbons (Fsp3) is 1.00. The molecule has 0 spiro atoms. The molecule has 0 aromatic rings. The van der Waals surface area contributed by atoms with E-state index in [0.717, 1.165) is 19.5 Å². The van der Waals surface area contributed by atoms with E-state index >= 15 is 0 Å². The van der Waals surface area contributed by atoms with Crippen LogP contribution in [0, 0.1) is 11.3 Å². The van der Waals surface area contributed by atoms with E-state index in [2.05, 4.69) is 5.32 Å². The fourth-order valence-electron chi connectivity index (χ4n) is 1.56. The number of aliphatic hydroxyl groups excluding tert-OH is 2. The van der Waals surface area contributed by atoms with E-state index in [1.807, 2.05) is 6.92 Å². The van der Waals surface area contributed by atoms with Gasteiger partial charge >= 0.3 is 0 Å². The lowest BCUT2D eigenvalue weighted by molar-refractivity contribution is 0.0261. The van der Waals surface area contributed by atoms with Gasteiger partial charge in [-0.3, -0.25) is 0 Å². The van der Waals surface area contributed by atoms with E-state index < -0.39 is 0 Å². The van der Waals surface area contributed by atoms with E-state index in [1.54, 1.807) is 0 Å². The van der Waals surface area contributed by atoms with Crippen molar-refractivity contribution in [3.05, 3.63) is 0 Å². The number of rotatable bonds is 3. The highest BCUT2D eigenvalue weighted by atomic mass is 16.3. The first kappa shape index (κ1) is 8.97. The maximum absolute atomic E-state index is 9.06. The van der Waals surface area contributed by atoms with Crippen molar-refractivity contribution >= 4 is 0 Å². The second-order valence-corrected chi connectivity index (χ2v) is 3.66. The SMILES string of the molecule is CC(CO)(CO)C1CCNC1. The molecule has 0 aromatic heterocycles. The Kier molecular flexibility index (Phi) is 2.87. The molecular weight excluding hydrogens is 142 g/mol. The van der Waals surface area contributed by atoms with Gasteiger partial charge in [0.05, 0.1) is 13.2 Å². The molecule has 0 aliphatic carbocycles. The van der Waals surface area contributed by atoms with Crippen LogP contribution in [-0.2, 0) is 0 Å². The molecular formula is C8H17NO2. The first-order valence-electron chi connectivity index (χ1n) is 4.15. The van der Waals surface area contributed by atoms with Crippen molar-refractivity contribution in [3.8, 4) is 0 Å². The lowest BCUT2D eigenvalue weighted by atomic mass is 9.78. The summed E-state index contributed by atoms with van der Waals surface area (Å²) < 4.78 is 0. The minimum atomic E-state index is -0.288. The van der Waals surface area contributed by atoms with Crippen LogP contribution >= 0.6 is 0 Å². The molecule has 1 unspecified atom stereocenters. The van der Waals surface area contributed by atoms with Crippen LogP contribution in [0.4, 0.5) is 0 Å². The molecule has 0 aromatic carbocycles. The van der Waals surface area contributed by atoms with Crippen LogP contribution in [0.25, 0.3) is 0 Å². The molecule has 66 valence electrons. The molecule has 0 bridgehead atoms. The van der Waals surface area contributed by atoms with Gasteiger partial charge < -0.3 is 15.5 Å². The normalized spacial score (nSPS) is 25.9. The average Bonchev–Trinajstić information content (AvgIpc) is 2.55. The average molecular weight is 159 g/mol. The van der Waals surface area contributed by atoms with Crippen molar-refractivity contribution in [1.82, 2.24) is 5.32 Å². The summed E-state index contributed by atoms with van der Waals surface area (Å²) >= 11 is 0. The molecule has 11 heavy (non-hydrogen) atoms. The van der Waals surface area contributed by atoms with Crippen LogP contribution < -0.4 is 5.32 Å². The Balaban J connectivity index is 2.52. The molecule has 0 saturated carbocycles. The first-order chi connectivity index (χ1) is 5.23. The third-order valence-electron chi connectivity index (χ3n) is 2.77. The Morgan fingerprint density at radius 1 is 1.45 bits per heavy atom. The molecule has 1 rings (SSSR count). The maximum Gasteiger partial charge on any atom is 0.0509 e. The van der Waals surface area contributed by atoms with Crippen molar-refractivity contribution in [2.75, 3.05) is 26.3 Å². The minimum Gasteiger partial charge on any atom is -0.396 e. The summed E-state index contributed by atoms with van der Waals surface area (Å²) in [5.41, 5.74) is -0.288. The fourth-order valence-corrected chi connectivity index (χ4v) is 1.56. The van der Waals surface area contributed by atoms with Crippen molar-refractivity contribution < 1.29 is 10.2 Å². The maximum atomic E-state index is 9.06. The summed E-state index contributed by atoms with van der Waals surface area (Å²) in [6, 6.07) is 0. The van der Waals surface area contributed by atoms with Crippen LogP contribution in [-0.4, -0.2) is 36.5 Å². The zero-order valence-electron chi connectivity index (χ0n) is 7.01. The second-order valence-electron chi connectivity index (χ2n) is 3.66. The Hall–Kier alpha value is -0.120. The number of nitrogens with one attached hydrogen (secondary N) is 1. The highest BCUT2D eigenvalue weighted by Crippen LogP contribution is 2.30. The van der Waals surface area contributed by atoms with E-state index in [0.29, 0.717) is 5.92 Å². The molecule has 1 saturated heterocycles. The molecule has 1 aliphatic heterocycles. The molecule has 1 aliphatic rings. The van der Waals surface area contributed by atoms with Crippen LogP contribution in [0.3, 0.4) is 0 Å². The molecule has 3 N–H and O–H groups in total. The molecule has 3 nitrogen and oxygen atoms in total. The molecule has 0 amide bonds. The Morgan fingerprint density at radius 3 is 2.45 bits per heavy atom. The molecule has 3 heteroatoms. The second kappa shape index (κ2) is 3.52. The molecule has 0 radical (unpaired) electrons. The van der Waals surface area contributed by atoms with Gasteiger partial charge in [0.1, 0.15) is 0 Å². The quantitative estimate of drug-likeness (QED) is 0.524. The number of aliphatic hydroxyl groups is 2. The predicted molar refractivity (Wildman–Crippen MR) is 43.3 cm³/mol. The van der Waals surface area contributed by atoms with Gasteiger partial charge in [0.2, 0.25) is 0 Å². The van der Waals surface area contributed by atoms with Gasteiger partial charge in [0, 0.05) is 5.41 Å². The largest absolute Gasteiger partial charge is 0.396 e. The lowest BCUT2D eigenvalue weighted by Crippen LogP contribution is -2.36. The summed E-state index contributed by atoms with van der Waals surface area (Å²) in [5.74, 6) is 0.428. The van der Waals surface area contributed by atoms with Gasteiger partial charge in [-0.2, -0.15) is 0 Å².